The molecule has 176 valence electrons. The normalized spacial score (nSPS) is 15.0. The van der Waals surface area contributed by atoms with E-state index in [1.165, 1.54) is 12.1 Å². The molecular weight excluding hydrogens is 474 g/mol. The molecule has 1 atom stereocenters. The number of likely N-dealkylation sites (tertiary alicyclic amines) is 1. The number of nitrogens with zero attached hydrogens (tertiary/aromatic N) is 1. The number of sulfonamides is 1. The lowest BCUT2D eigenvalue weighted by Crippen LogP contribution is -2.43. The number of benzene rings is 3. The molecule has 1 fully saturated rings. The van der Waals surface area contributed by atoms with Gasteiger partial charge in [-0.05, 0) is 48.7 Å². The van der Waals surface area contributed by atoms with Crippen LogP contribution in [0.25, 0.3) is 0 Å². The molecule has 1 unspecified atom stereocenters. The van der Waals surface area contributed by atoms with Crippen molar-refractivity contribution in [3.05, 3.63) is 89.4 Å². The van der Waals surface area contributed by atoms with Gasteiger partial charge in [0.05, 0.1) is 15.6 Å². The molecule has 9 heteroatoms. The second-order valence-corrected chi connectivity index (χ2v) is 10.0. The van der Waals surface area contributed by atoms with Crippen LogP contribution in [0.5, 0.6) is 0 Å². The largest absolute Gasteiger partial charge is 0.327 e. The molecule has 34 heavy (non-hydrogen) atoms. The van der Waals surface area contributed by atoms with Gasteiger partial charge in [0.15, 0.2) is 0 Å². The first-order chi connectivity index (χ1) is 16.3. The Bertz CT molecular complexity index is 1300. The van der Waals surface area contributed by atoms with Crippen molar-refractivity contribution < 1.29 is 18.0 Å². The summed E-state index contributed by atoms with van der Waals surface area (Å²) in [5, 5.41) is 3.07. The van der Waals surface area contributed by atoms with Crippen LogP contribution in [0.2, 0.25) is 5.02 Å². The predicted octanol–water partition coefficient (Wildman–Crippen LogP) is 4.83. The molecule has 0 aromatic heterocycles. The summed E-state index contributed by atoms with van der Waals surface area (Å²) in [6.07, 6.45) is 2.03. The molecule has 0 saturated carbocycles. The van der Waals surface area contributed by atoms with Gasteiger partial charge in [0, 0.05) is 18.7 Å². The number of amides is 2. The third-order valence-corrected chi connectivity index (χ3v) is 7.26. The molecule has 2 N–H and O–H groups in total. The Morgan fingerprint density at radius 1 is 0.941 bits per heavy atom. The zero-order valence-corrected chi connectivity index (χ0v) is 19.9. The highest BCUT2D eigenvalue weighted by atomic mass is 35.5. The minimum Gasteiger partial charge on any atom is -0.327 e. The summed E-state index contributed by atoms with van der Waals surface area (Å²) < 4.78 is 28.3. The Balaban J connectivity index is 1.59. The van der Waals surface area contributed by atoms with E-state index in [0.29, 0.717) is 24.2 Å². The van der Waals surface area contributed by atoms with Gasteiger partial charge in [-0.3, -0.25) is 14.3 Å². The second kappa shape index (κ2) is 10.3. The van der Waals surface area contributed by atoms with Crippen molar-refractivity contribution >= 4 is 44.8 Å². The molecule has 3 aromatic carbocycles. The molecular formula is C25H24ClN3O4S. The molecule has 0 bridgehead atoms. The van der Waals surface area contributed by atoms with E-state index in [-0.39, 0.29) is 21.5 Å². The topological polar surface area (TPSA) is 95.6 Å². The highest BCUT2D eigenvalue weighted by molar-refractivity contribution is 7.92. The summed E-state index contributed by atoms with van der Waals surface area (Å²) in [5.41, 5.74) is 1.25. The van der Waals surface area contributed by atoms with Crippen molar-refractivity contribution in [1.82, 2.24) is 4.90 Å². The van der Waals surface area contributed by atoms with Gasteiger partial charge < -0.3 is 10.2 Å². The molecule has 2 amide bonds. The number of halogens is 1. The van der Waals surface area contributed by atoms with E-state index in [9.17, 15) is 18.0 Å². The number of rotatable bonds is 7. The predicted molar refractivity (Wildman–Crippen MR) is 132 cm³/mol. The van der Waals surface area contributed by atoms with Crippen molar-refractivity contribution in [3.63, 3.8) is 0 Å². The van der Waals surface area contributed by atoms with Crippen molar-refractivity contribution in [3.8, 4) is 0 Å². The van der Waals surface area contributed by atoms with E-state index in [1.807, 2.05) is 18.2 Å². The minimum absolute atomic E-state index is 0.0319. The van der Waals surface area contributed by atoms with Gasteiger partial charge in [-0.1, -0.05) is 60.1 Å². The maximum Gasteiger partial charge on any atom is 0.262 e. The first-order valence-electron chi connectivity index (χ1n) is 10.9. The van der Waals surface area contributed by atoms with Crippen LogP contribution in [0.3, 0.4) is 0 Å². The second-order valence-electron chi connectivity index (χ2n) is 7.96. The fraction of sp³-hybridized carbons (Fsp3) is 0.200. The molecule has 3 aromatic rings. The SMILES string of the molecule is O=C(Nc1cccc(S(=O)(=O)Nc2ccccc2Cl)c1)C(c1ccccc1)N1CCCCC1=O. The van der Waals surface area contributed by atoms with Crippen LogP contribution in [0.15, 0.2) is 83.8 Å². The average Bonchev–Trinajstić information content (AvgIpc) is 2.83. The van der Waals surface area contributed by atoms with Crippen LogP contribution in [0, 0.1) is 0 Å². The Labute approximate surface area is 203 Å². The van der Waals surface area contributed by atoms with Gasteiger partial charge in [-0.25, -0.2) is 8.42 Å². The summed E-state index contributed by atoms with van der Waals surface area (Å²) in [7, 11) is -3.95. The van der Waals surface area contributed by atoms with Crippen LogP contribution < -0.4 is 10.0 Å². The van der Waals surface area contributed by atoms with E-state index < -0.39 is 22.0 Å². The number of hydrogen-bond acceptors (Lipinski definition) is 4. The standard InChI is InChI=1S/C25H24ClN3O4S/c26-21-13-4-5-14-22(21)28-34(32,33)20-12-8-11-19(17-20)27-25(31)24(18-9-2-1-3-10-18)29-16-7-6-15-23(29)30/h1-5,8-14,17,24,28H,6-7,15-16H2,(H,27,31). The van der Waals surface area contributed by atoms with Gasteiger partial charge in [0.2, 0.25) is 5.91 Å². The summed E-state index contributed by atoms with van der Waals surface area (Å²) in [5.74, 6) is -0.481. The summed E-state index contributed by atoms with van der Waals surface area (Å²) in [6.45, 7) is 0.488. The fourth-order valence-corrected chi connectivity index (χ4v) is 5.27. The van der Waals surface area contributed by atoms with E-state index in [4.69, 9.17) is 11.6 Å². The highest BCUT2D eigenvalue weighted by Crippen LogP contribution is 2.28. The lowest BCUT2D eigenvalue weighted by Gasteiger charge is -2.34. The van der Waals surface area contributed by atoms with Crippen molar-refractivity contribution in [2.45, 2.75) is 30.2 Å². The maximum absolute atomic E-state index is 13.4. The molecule has 0 radical (unpaired) electrons. The quantitative estimate of drug-likeness (QED) is 0.488. The Hall–Kier alpha value is -3.36. The van der Waals surface area contributed by atoms with E-state index >= 15 is 0 Å². The van der Waals surface area contributed by atoms with Crippen molar-refractivity contribution in [2.24, 2.45) is 0 Å². The number of para-hydroxylation sites is 1. The maximum atomic E-state index is 13.4. The number of piperidine rings is 1. The zero-order chi connectivity index (χ0) is 24.1. The Morgan fingerprint density at radius 3 is 2.41 bits per heavy atom. The Morgan fingerprint density at radius 2 is 1.68 bits per heavy atom. The van der Waals surface area contributed by atoms with E-state index in [2.05, 4.69) is 10.0 Å². The van der Waals surface area contributed by atoms with Crippen LogP contribution >= 0.6 is 11.6 Å². The molecule has 4 rings (SSSR count). The summed E-state index contributed by atoms with van der Waals surface area (Å²) >= 11 is 6.08. The van der Waals surface area contributed by atoms with E-state index in [1.54, 1.807) is 53.4 Å². The summed E-state index contributed by atoms with van der Waals surface area (Å²) in [6, 6.07) is 20.7. The smallest absolute Gasteiger partial charge is 0.262 e. The number of anilines is 2. The Kier molecular flexibility index (Phi) is 7.19. The molecule has 0 aliphatic carbocycles. The first kappa shape index (κ1) is 23.8. The van der Waals surface area contributed by atoms with Crippen LogP contribution in [0.1, 0.15) is 30.9 Å². The van der Waals surface area contributed by atoms with Gasteiger partial charge >= 0.3 is 0 Å². The van der Waals surface area contributed by atoms with Crippen molar-refractivity contribution in [2.75, 3.05) is 16.6 Å². The molecule has 0 spiro atoms. The lowest BCUT2D eigenvalue weighted by atomic mass is 10.0. The minimum atomic E-state index is -3.95. The van der Waals surface area contributed by atoms with Gasteiger partial charge in [-0.15, -0.1) is 0 Å². The molecule has 1 heterocycles. The van der Waals surface area contributed by atoms with Crippen LogP contribution in [0.4, 0.5) is 11.4 Å². The van der Waals surface area contributed by atoms with Crippen LogP contribution in [-0.4, -0.2) is 31.7 Å². The zero-order valence-electron chi connectivity index (χ0n) is 18.3. The summed E-state index contributed by atoms with van der Waals surface area (Å²) in [4.78, 5) is 27.5. The monoisotopic (exact) mass is 497 g/mol. The molecule has 1 aliphatic heterocycles. The van der Waals surface area contributed by atoms with Gasteiger partial charge in [0.25, 0.3) is 15.9 Å². The number of carbonyl (C=O) groups is 2. The molecule has 1 saturated heterocycles. The van der Waals surface area contributed by atoms with Gasteiger partial charge in [0.1, 0.15) is 6.04 Å². The number of hydrogen-bond donors (Lipinski definition) is 2. The van der Waals surface area contributed by atoms with Crippen molar-refractivity contribution in [1.29, 1.82) is 0 Å². The number of carbonyl (C=O) groups excluding carboxylic acids is 2. The van der Waals surface area contributed by atoms with Crippen LogP contribution in [-0.2, 0) is 19.6 Å². The first-order valence-corrected chi connectivity index (χ1v) is 12.7. The molecule has 1 aliphatic rings. The fourth-order valence-electron chi connectivity index (χ4n) is 3.91. The third-order valence-electron chi connectivity index (χ3n) is 5.57. The lowest BCUT2D eigenvalue weighted by molar-refractivity contribution is -0.141. The van der Waals surface area contributed by atoms with E-state index in [0.717, 1.165) is 12.8 Å². The molecule has 7 nitrogen and oxygen atoms in total. The van der Waals surface area contributed by atoms with Gasteiger partial charge in [-0.2, -0.15) is 0 Å². The highest BCUT2D eigenvalue weighted by Gasteiger charge is 2.32. The average molecular weight is 498 g/mol. The third kappa shape index (κ3) is 5.40. The number of nitrogens with one attached hydrogen (secondary N) is 2.